The molecule has 0 atom stereocenters. The molecule has 4 aromatic rings. The predicted molar refractivity (Wildman–Crippen MR) is 107 cm³/mol. The first-order valence-corrected chi connectivity index (χ1v) is 8.57. The molecule has 1 nitrogen and oxygen atoms in total. The van der Waals surface area contributed by atoms with Gasteiger partial charge in [-0.25, -0.2) is 4.39 Å². The maximum atomic E-state index is 13.2. The van der Waals surface area contributed by atoms with Gasteiger partial charge in [0.15, 0.2) is 0 Å². The van der Waals surface area contributed by atoms with Crippen molar-refractivity contribution in [2.75, 3.05) is 5.32 Å². The molecule has 126 valence electrons. The van der Waals surface area contributed by atoms with Gasteiger partial charge in [0.1, 0.15) is 5.82 Å². The van der Waals surface area contributed by atoms with E-state index in [2.05, 4.69) is 41.7 Å². The fraction of sp³-hybridized carbons (Fsp3) is 0. The van der Waals surface area contributed by atoms with E-state index in [0.717, 1.165) is 22.5 Å². The highest BCUT2D eigenvalue weighted by molar-refractivity contribution is 5.81. The van der Waals surface area contributed by atoms with Crippen molar-refractivity contribution in [3.05, 3.63) is 109 Å². The maximum absolute atomic E-state index is 13.2. The second kappa shape index (κ2) is 7.24. The number of hydrogen-bond acceptors (Lipinski definition) is 1. The third-order valence-electron chi connectivity index (χ3n) is 4.35. The minimum Gasteiger partial charge on any atom is -0.355 e. The van der Waals surface area contributed by atoms with Gasteiger partial charge >= 0.3 is 0 Å². The van der Waals surface area contributed by atoms with Crippen LogP contribution in [0.5, 0.6) is 0 Å². The van der Waals surface area contributed by atoms with Crippen LogP contribution in [-0.4, -0.2) is 0 Å². The van der Waals surface area contributed by atoms with Crippen LogP contribution in [0.3, 0.4) is 0 Å². The smallest absolute Gasteiger partial charge is 0.123 e. The Kier molecular flexibility index (Phi) is 4.48. The molecule has 0 spiro atoms. The Balaban J connectivity index is 1.61. The third-order valence-corrected chi connectivity index (χ3v) is 4.35. The zero-order valence-electron chi connectivity index (χ0n) is 14.2. The molecular weight excluding hydrogens is 321 g/mol. The Morgan fingerprint density at radius 1 is 0.500 bits per heavy atom. The minimum atomic E-state index is -0.226. The summed E-state index contributed by atoms with van der Waals surface area (Å²) in [6, 6.07) is 33.3. The molecule has 0 amide bonds. The number of nitrogens with one attached hydrogen (secondary N) is 1. The fourth-order valence-electron chi connectivity index (χ4n) is 3.01. The molecule has 0 aliphatic rings. The number of hydrogen-bond donors (Lipinski definition) is 1. The average molecular weight is 339 g/mol. The Hall–Kier alpha value is -3.39. The molecule has 2 heteroatoms. The zero-order chi connectivity index (χ0) is 17.8. The van der Waals surface area contributed by atoms with Crippen LogP contribution in [0.2, 0.25) is 0 Å². The largest absolute Gasteiger partial charge is 0.355 e. The summed E-state index contributed by atoms with van der Waals surface area (Å²) >= 11 is 0. The number of halogens is 1. The number of benzene rings is 4. The van der Waals surface area contributed by atoms with E-state index in [9.17, 15) is 4.39 Å². The highest BCUT2D eigenvalue weighted by Gasteiger charge is 2.05. The SMILES string of the molecule is Fc1ccc(-c2ccccc2Nc2ccc(-c3ccccc3)cc2)cc1. The molecule has 0 unspecified atom stereocenters. The van der Waals surface area contributed by atoms with E-state index in [1.807, 2.05) is 42.5 Å². The van der Waals surface area contributed by atoms with Gasteiger partial charge in [0, 0.05) is 16.9 Å². The van der Waals surface area contributed by atoms with Gasteiger partial charge in [0.05, 0.1) is 0 Å². The highest BCUT2D eigenvalue weighted by Crippen LogP contribution is 2.31. The lowest BCUT2D eigenvalue weighted by molar-refractivity contribution is 0.628. The summed E-state index contributed by atoms with van der Waals surface area (Å²) in [6.45, 7) is 0. The van der Waals surface area contributed by atoms with Gasteiger partial charge in [-0.05, 0) is 47.0 Å². The van der Waals surface area contributed by atoms with E-state index in [0.29, 0.717) is 0 Å². The summed E-state index contributed by atoms with van der Waals surface area (Å²) in [5, 5.41) is 3.47. The van der Waals surface area contributed by atoms with Crippen LogP contribution in [0, 0.1) is 5.82 Å². The van der Waals surface area contributed by atoms with Gasteiger partial charge in [-0.15, -0.1) is 0 Å². The van der Waals surface area contributed by atoms with E-state index in [1.165, 1.54) is 23.3 Å². The Bertz CT molecular complexity index is 990. The number of para-hydroxylation sites is 1. The van der Waals surface area contributed by atoms with Crippen LogP contribution < -0.4 is 5.32 Å². The number of rotatable bonds is 4. The summed E-state index contributed by atoms with van der Waals surface area (Å²) in [6.07, 6.45) is 0. The van der Waals surface area contributed by atoms with E-state index in [-0.39, 0.29) is 5.82 Å². The topological polar surface area (TPSA) is 12.0 Å². The first-order valence-electron chi connectivity index (χ1n) is 8.57. The lowest BCUT2D eigenvalue weighted by Gasteiger charge is -2.13. The second-order valence-electron chi connectivity index (χ2n) is 6.12. The van der Waals surface area contributed by atoms with Gasteiger partial charge in [-0.2, -0.15) is 0 Å². The molecule has 4 rings (SSSR count). The van der Waals surface area contributed by atoms with Crippen LogP contribution in [0.25, 0.3) is 22.3 Å². The molecule has 0 bridgehead atoms. The monoisotopic (exact) mass is 339 g/mol. The fourth-order valence-corrected chi connectivity index (χ4v) is 3.01. The van der Waals surface area contributed by atoms with Gasteiger partial charge in [0.2, 0.25) is 0 Å². The molecule has 1 N–H and O–H groups in total. The molecule has 0 aromatic heterocycles. The average Bonchev–Trinajstić information content (AvgIpc) is 2.70. The molecule has 0 saturated carbocycles. The van der Waals surface area contributed by atoms with Gasteiger partial charge in [-0.1, -0.05) is 72.8 Å². The Labute approximate surface area is 152 Å². The van der Waals surface area contributed by atoms with Gasteiger partial charge in [-0.3, -0.25) is 0 Å². The zero-order valence-corrected chi connectivity index (χ0v) is 14.2. The lowest BCUT2D eigenvalue weighted by atomic mass is 10.0. The van der Waals surface area contributed by atoms with Crippen molar-refractivity contribution in [2.45, 2.75) is 0 Å². The van der Waals surface area contributed by atoms with Gasteiger partial charge < -0.3 is 5.32 Å². The lowest BCUT2D eigenvalue weighted by Crippen LogP contribution is -1.93. The third kappa shape index (κ3) is 3.50. The van der Waals surface area contributed by atoms with E-state index >= 15 is 0 Å². The van der Waals surface area contributed by atoms with E-state index in [1.54, 1.807) is 12.1 Å². The summed E-state index contributed by atoms with van der Waals surface area (Å²) in [5.74, 6) is -0.226. The molecule has 26 heavy (non-hydrogen) atoms. The van der Waals surface area contributed by atoms with Crippen LogP contribution in [0.15, 0.2) is 103 Å². The molecule has 4 aromatic carbocycles. The molecular formula is C24H18FN. The number of anilines is 2. The summed E-state index contributed by atoms with van der Waals surface area (Å²) in [4.78, 5) is 0. The van der Waals surface area contributed by atoms with Crippen molar-refractivity contribution < 1.29 is 4.39 Å². The van der Waals surface area contributed by atoms with E-state index in [4.69, 9.17) is 0 Å². The molecule has 0 aliphatic heterocycles. The van der Waals surface area contributed by atoms with Crippen LogP contribution in [0.4, 0.5) is 15.8 Å². The van der Waals surface area contributed by atoms with Crippen molar-refractivity contribution >= 4 is 11.4 Å². The van der Waals surface area contributed by atoms with Crippen LogP contribution >= 0.6 is 0 Å². The maximum Gasteiger partial charge on any atom is 0.123 e. The predicted octanol–water partition coefficient (Wildman–Crippen LogP) is 6.90. The van der Waals surface area contributed by atoms with Crippen molar-refractivity contribution in [3.8, 4) is 22.3 Å². The van der Waals surface area contributed by atoms with Crippen LogP contribution in [0.1, 0.15) is 0 Å². The van der Waals surface area contributed by atoms with Crippen LogP contribution in [-0.2, 0) is 0 Å². The van der Waals surface area contributed by atoms with E-state index < -0.39 is 0 Å². The van der Waals surface area contributed by atoms with Crippen molar-refractivity contribution in [3.63, 3.8) is 0 Å². The molecule has 0 heterocycles. The summed E-state index contributed by atoms with van der Waals surface area (Å²) in [5.41, 5.74) is 6.41. The quantitative estimate of drug-likeness (QED) is 0.426. The minimum absolute atomic E-state index is 0.226. The van der Waals surface area contributed by atoms with Gasteiger partial charge in [0.25, 0.3) is 0 Å². The summed E-state index contributed by atoms with van der Waals surface area (Å²) in [7, 11) is 0. The molecule has 0 saturated heterocycles. The highest BCUT2D eigenvalue weighted by atomic mass is 19.1. The molecule has 0 aliphatic carbocycles. The second-order valence-corrected chi connectivity index (χ2v) is 6.12. The standard InChI is InChI=1S/C24H18FN/c25-21-14-10-20(11-15-21)23-8-4-5-9-24(23)26-22-16-12-19(13-17-22)18-6-2-1-3-7-18/h1-17,26H. The summed E-state index contributed by atoms with van der Waals surface area (Å²) < 4.78 is 13.2. The first-order chi connectivity index (χ1) is 12.8. The Morgan fingerprint density at radius 3 is 1.81 bits per heavy atom. The first kappa shape index (κ1) is 16.1. The Morgan fingerprint density at radius 2 is 1.08 bits per heavy atom. The molecule has 0 radical (unpaired) electrons. The normalized spacial score (nSPS) is 10.5. The van der Waals surface area contributed by atoms with Crippen molar-refractivity contribution in [2.24, 2.45) is 0 Å². The van der Waals surface area contributed by atoms with Crippen molar-refractivity contribution in [1.82, 2.24) is 0 Å². The molecule has 0 fully saturated rings. The van der Waals surface area contributed by atoms with Crippen molar-refractivity contribution in [1.29, 1.82) is 0 Å².